The molecule has 0 bridgehead atoms. The molecular formula is C28H24FN5O2. The zero-order valence-corrected chi connectivity index (χ0v) is 19.6. The summed E-state index contributed by atoms with van der Waals surface area (Å²) in [7, 11) is 0. The van der Waals surface area contributed by atoms with Gasteiger partial charge in [0.05, 0.1) is 23.7 Å². The smallest absolute Gasteiger partial charge is 0.152 e. The summed E-state index contributed by atoms with van der Waals surface area (Å²) in [5, 5.41) is 9.04. The lowest BCUT2D eigenvalue weighted by atomic mass is 9.99. The van der Waals surface area contributed by atoms with E-state index in [0.29, 0.717) is 40.3 Å². The number of halogens is 1. The van der Waals surface area contributed by atoms with Crippen LogP contribution in [0.2, 0.25) is 0 Å². The van der Waals surface area contributed by atoms with Crippen molar-refractivity contribution in [1.82, 2.24) is 20.2 Å². The van der Waals surface area contributed by atoms with Crippen LogP contribution >= 0.6 is 0 Å². The van der Waals surface area contributed by atoms with Crippen LogP contribution in [0.4, 0.5) is 4.39 Å². The molecule has 180 valence electrons. The summed E-state index contributed by atoms with van der Waals surface area (Å²) in [5.74, 6) is 0.642. The summed E-state index contributed by atoms with van der Waals surface area (Å²) in [6.45, 7) is 2.16. The first-order chi connectivity index (χ1) is 17.6. The number of ether oxygens (including phenoxy) is 1. The van der Waals surface area contributed by atoms with Gasteiger partial charge in [-0.2, -0.15) is 5.10 Å². The van der Waals surface area contributed by atoms with Gasteiger partial charge in [-0.25, -0.2) is 9.37 Å². The number of aryl methyl sites for hydroxylation is 1. The van der Waals surface area contributed by atoms with Crippen molar-refractivity contribution in [2.45, 2.75) is 19.4 Å². The Hall–Kier alpha value is -4.43. The summed E-state index contributed by atoms with van der Waals surface area (Å²) in [4.78, 5) is 7.84. The molecule has 1 atom stereocenters. The predicted molar refractivity (Wildman–Crippen MR) is 137 cm³/mol. The second-order valence-electron chi connectivity index (χ2n) is 8.87. The van der Waals surface area contributed by atoms with E-state index in [4.69, 9.17) is 14.9 Å². The minimum atomic E-state index is -0.394. The van der Waals surface area contributed by atoms with Crippen LogP contribution in [0, 0.1) is 12.7 Å². The number of nitrogens with two attached hydrogens (primary N) is 1. The summed E-state index contributed by atoms with van der Waals surface area (Å²) in [6.07, 6.45) is 5.81. The van der Waals surface area contributed by atoms with Gasteiger partial charge >= 0.3 is 0 Å². The van der Waals surface area contributed by atoms with Crippen LogP contribution in [0.25, 0.3) is 44.4 Å². The molecule has 0 amide bonds. The Bertz CT molecular complexity index is 1670. The highest BCUT2D eigenvalue weighted by molar-refractivity contribution is 5.90. The van der Waals surface area contributed by atoms with Crippen molar-refractivity contribution in [2.75, 3.05) is 6.61 Å². The summed E-state index contributed by atoms with van der Waals surface area (Å²) >= 11 is 0. The lowest BCUT2D eigenvalue weighted by Crippen LogP contribution is -2.30. The number of nitrogens with zero attached hydrogens (tertiary/aromatic N) is 2. The van der Waals surface area contributed by atoms with Gasteiger partial charge in [0, 0.05) is 45.7 Å². The Morgan fingerprint density at radius 2 is 1.94 bits per heavy atom. The molecule has 6 aromatic rings. The Labute approximate surface area is 206 Å². The van der Waals surface area contributed by atoms with Crippen LogP contribution in [0.15, 0.2) is 77.7 Å². The van der Waals surface area contributed by atoms with Crippen LogP contribution < -0.4 is 10.5 Å². The Morgan fingerprint density at radius 1 is 1.06 bits per heavy atom. The molecule has 0 radical (unpaired) electrons. The van der Waals surface area contributed by atoms with E-state index in [1.165, 1.54) is 6.07 Å². The van der Waals surface area contributed by atoms with E-state index in [1.807, 2.05) is 31.3 Å². The van der Waals surface area contributed by atoms with Gasteiger partial charge in [0.25, 0.3) is 0 Å². The number of pyridine rings is 1. The van der Waals surface area contributed by atoms with Crippen molar-refractivity contribution in [3.05, 3.63) is 90.3 Å². The van der Waals surface area contributed by atoms with Gasteiger partial charge in [0.15, 0.2) is 5.76 Å². The van der Waals surface area contributed by atoms with Crippen LogP contribution in [-0.4, -0.2) is 32.8 Å². The van der Waals surface area contributed by atoms with Gasteiger partial charge in [0.1, 0.15) is 23.9 Å². The first-order valence-electron chi connectivity index (χ1n) is 11.7. The highest BCUT2D eigenvalue weighted by atomic mass is 19.1. The molecule has 4 aromatic heterocycles. The monoisotopic (exact) mass is 481 g/mol. The van der Waals surface area contributed by atoms with Crippen molar-refractivity contribution in [3.63, 3.8) is 0 Å². The van der Waals surface area contributed by atoms with Crippen LogP contribution in [-0.2, 0) is 6.42 Å². The minimum Gasteiger partial charge on any atom is -0.490 e. The molecule has 8 heteroatoms. The van der Waals surface area contributed by atoms with Crippen molar-refractivity contribution in [2.24, 2.45) is 5.73 Å². The van der Waals surface area contributed by atoms with E-state index in [-0.39, 0.29) is 12.6 Å². The van der Waals surface area contributed by atoms with Crippen LogP contribution in [0.1, 0.15) is 11.3 Å². The number of hydrogen-bond acceptors (Lipinski definition) is 5. The number of furan rings is 1. The Kier molecular flexibility index (Phi) is 5.50. The van der Waals surface area contributed by atoms with Crippen LogP contribution in [0.5, 0.6) is 5.75 Å². The summed E-state index contributed by atoms with van der Waals surface area (Å²) in [5.41, 5.74) is 11.5. The zero-order chi connectivity index (χ0) is 24.6. The fraction of sp³-hybridized carbons (Fsp3) is 0.143. The fourth-order valence-electron chi connectivity index (χ4n) is 4.56. The van der Waals surface area contributed by atoms with Crippen molar-refractivity contribution >= 4 is 21.8 Å². The van der Waals surface area contributed by atoms with Gasteiger partial charge in [-0.1, -0.05) is 18.2 Å². The van der Waals surface area contributed by atoms with Crippen molar-refractivity contribution < 1.29 is 13.5 Å². The lowest BCUT2D eigenvalue weighted by Gasteiger charge is -2.15. The first-order valence-corrected chi connectivity index (χ1v) is 11.7. The first kappa shape index (κ1) is 22.1. The maximum atomic E-state index is 15.3. The number of benzene rings is 2. The normalized spacial score (nSPS) is 12.4. The zero-order valence-electron chi connectivity index (χ0n) is 19.6. The molecule has 4 heterocycles. The molecule has 4 N–H and O–H groups in total. The molecule has 0 aliphatic heterocycles. The average Bonchev–Trinajstić information content (AvgIpc) is 3.64. The van der Waals surface area contributed by atoms with Crippen molar-refractivity contribution in [1.29, 1.82) is 0 Å². The second kappa shape index (κ2) is 8.98. The molecule has 0 fully saturated rings. The number of hydrogen-bond donors (Lipinski definition) is 3. The van der Waals surface area contributed by atoms with E-state index < -0.39 is 5.82 Å². The maximum Gasteiger partial charge on any atom is 0.152 e. The number of aromatic nitrogens is 4. The number of para-hydroxylation sites is 1. The lowest BCUT2D eigenvalue weighted by molar-refractivity contribution is 0.287. The average molecular weight is 482 g/mol. The van der Waals surface area contributed by atoms with E-state index in [9.17, 15) is 0 Å². The van der Waals surface area contributed by atoms with Gasteiger partial charge in [-0.05, 0) is 49.2 Å². The molecule has 0 aliphatic carbocycles. The number of rotatable bonds is 7. The molecule has 0 aliphatic rings. The highest BCUT2D eigenvalue weighted by Gasteiger charge is 2.19. The molecule has 0 unspecified atom stereocenters. The molecule has 0 saturated heterocycles. The standard InChI is InChI=1S/C28H24FN5O2/c1-16-21-11-22(24(29)12-26(21)34-33-16)23-10-19(14-32-28(23)27-7-4-8-35-27)36-15-18(30)9-17-13-31-25-6-3-2-5-20(17)25/h2-8,10-14,18,31H,9,15,30H2,1H3,(H,33,34)/t18-/m0/s1. The predicted octanol–water partition coefficient (Wildman–Crippen LogP) is 5.76. The SMILES string of the molecule is Cc1n[nH]c2cc(F)c(-c3cc(OC[C@@H](N)Cc4c[nH]c5ccccc45)cnc3-c3ccco3)cc12. The second-order valence-corrected chi connectivity index (χ2v) is 8.87. The topological polar surface area (TPSA) is 106 Å². The van der Waals surface area contributed by atoms with Gasteiger partial charge < -0.3 is 19.9 Å². The van der Waals surface area contributed by atoms with Gasteiger partial charge in [-0.3, -0.25) is 5.10 Å². The number of fused-ring (bicyclic) bond motifs is 2. The number of aromatic amines is 2. The summed E-state index contributed by atoms with van der Waals surface area (Å²) in [6, 6.07) is 16.5. The molecule has 36 heavy (non-hydrogen) atoms. The fourth-order valence-corrected chi connectivity index (χ4v) is 4.56. The van der Waals surface area contributed by atoms with Crippen LogP contribution in [0.3, 0.4) is 0 Å². The molecule has 0 spiro atoms. The van der Waals surface area contributed by atoms with Crippen molar-refractivity contribution in [3.8, 4) is 28.3 Å². The molecular weight excluding hydrogens is 457 g/mol. The Morgan fingerprint density at radius 3 is 2.81 bits per heavy atom. The molecule has 6 rings (SSSR count). The van der Waals surface area contributed by atoms with E-state index in [0.717, 1.165) is 27.5 Å². The van der Waals surface area contributed by atoms with E-state index in [1.54, 1.807) is 36.7 Å². The number of H-pyrrole nitrogens is 2. The third kappa shape index (κ3) is 4.01. The van der Waals surface area contributed by atoms with Gasteiger partial charge in [0.2, 0.25) is 0 Å². The minimum absolute atomic E-state index is 0.237. The third-order valence-corrected chi connectivity index (χ3v) is 6.37. The molecule has 7 nitrogen and oxygen atoms in total. The van der Waals surface area contributed by atoms with Gasteiger partial charge in [-0.15, -0.1) is 0 Å². The highest BCUT2D eigenvalue weighted by Crippen LogP contribution is 2.36. The molecule has 0 saturated carbocycles. The van der Waals surface area contributed by atoms with E-state index in [2.05, 4.69) is 26.2 Å². The largest absolute Gasteiger partial charge is 0.490 e. The van der Waals surface area contributed by atoms with E-state index >= 15 is 4.39 Å². The Balaban J connectivity index is 1.30. The summed E-state index contributed by atoms with van der Waals surface area (Å²) < 4.78 is 26.9. The quantitative estimate of drug-likeness (QED) is 0.269. The maximum absolute atomic E-state index is 15.3. The third-order valence-electron chi connectivity index (χ3n) is 6.37. The number of nitrogens with one attached hydrogen (secondary N) is 2. The molecule has 2 aromatic carbocycles.